The number of sulfonamides is 1. The highest BCUT2D eigenvalue weighted by atomic mass is 79.9. The number of nitrogens with zero attached hydrogens (tertiary/aromatic N) is 3. The smallest absolute Gasteiger partial charge is 0.408 e. The minimum atomic E-state index is -3.83. The molecule has 0 aliphatic carbocycles. The van der Waals surface area contributed by atoms with Crippen LogP contribution in [0.1, 0.15) is 12.8 Å². The molecule has 1 atom stereocenters. The van der Waals surface area contributed by atoms with E-state index in [4.69, 9.17) is 4.42 Å². The lowest BCUT2D eigenvalue weighted by Gasteiger charge is -2.31. The van der Waals surface area contributed by atoms with E-state index >= 15 is 0 Å². The van der Waals surface area contributed by atoms with Crippen LogP contribution in [0.5, 0.6) is 0 Å². The van der Waals surface area contributed by atoms with Gasteiger partial charge in [0.15, 0.2) is 10.7 Å². The number of hydrogen-bond acceptors (Lipinski definition) is 7. The predicted octanol–water partition coefficient (Wildman–Crippen LogP) is 2.39. The van der Waals surface area contributed by atoms with Crippen molar-refractivity contribution in [2.75, 3.05) is 18.4 Å². The molecule has 2 aromatic heterocycles. The fourth-order valence-corrected chi connectivity index (χ4v) is 5.97. The van der Waals surface area contributed by atoms with Crippen LogP contribution in [0.3, 0.4) is 0 Å². The molecule has 1 aliphatic rings. The number of aromatic nitrogens is 2. The number of hydrogen-bond donors (Lipinski definition) is 1. The van der Waals surface area contributed by atoms with Gasteiger partial charge in [0.05, 0.1) is 26.3 Å². The summed E-state index contributed by atoms with van der Waals surface area (Å²) in [6, 6.07) is 4.34. The van der Waals surface area contributed by atoms with E-state index in [9.17, 15) is 18.0 Å². The van der Waals surface area contributed by atoms with Crippen LogP contribution in [0.2, 0.25) is 0 Å². The van der Waals surface area contributed by atoms with Crippen LogP contribution >= 0.6 is 27.3 Å². The molecule has 1 aromatic carbocycles. The fraction of sp³-hybridized carbons (Fsp3) is 0.353. The number of nitrogens with one attached hydrogen (secondary N) is 1. The van der Waals surface area contributed by atoms with Gasteiger partial charge in [-0.1, -0.05) is 11.3 Å². The average molecular weight is 501 g/mol. The van der Waals surface area contributed by atoms with E-state index in [-0.39, 0.29) is 22.9 Å². The van der Waals surface area contributed by atoms with Crippen LogP contribution in [-0.2, 0) is 21.9 Å². The fourth-order valence-electron chi connectivity index (χ4n) is 3.32. The summed E-state index contributed by atoms with van der Waals surface area (Å²) in [5, 5.41) is 3.21. The zero-order valence-electron chi connectivity index (χ0n) is 15.3. The van der Waals surface area contributed by atoms with Crippen molar-refractivity contribution in [3.05, 3.63) is 38.7 Å². The molecule has 1 saturated heterocycles. The van der Waals surface area contributed by atoms with E-state index in [2.05, 4.69) is 26.2 Å². The lowest BCUT2D eigenvalue weighted by atomic mass is 9.99. The van der Waals surface area contributed by atoms with E-state index in [1.807, 2.05) is 0 Å². The number of piperidine rings is 1. The minimum absolute atomic E-state index is 0.0317. The largest absolute Gasteiger partial charge is 0.419 e. The zero-order chi connectivity index (χ0) is 20.8. The van der Waals surface area contributed by atoms with Gasteiger partial charge in [0, 0.05) is 26.2 Å². The molecule has 1 fully saturated rings. The molecule has 0 radical (unpaired) electrons. The highest BCUT2D eigenvalue weighted by Gasteiger charge is 2.34. The van der Waals surface area contributed by atoms with Gasteiger partial charge >= 0.3 is 5.76 Å². The molecule has 4 rings (SSSR count). The predicted molar refractivity (Wildman–Crippen MR) is 111 cm³/mol. The first-order valence-electron chi connectivity index (χ1n) is 8.77. The summed E-state index contributed by atoms with van der Waals surface area (Å²) in [6.45, 7) is 0.406. The SMILES string of the molecule is Cn1c(=O)oc2cc(S(=O)(=O)N3CCC[C@H](C(=O)Nc4ncc(Br)s4)C3)ccc21. The Labute approximate surface area is 178 Å². The second-order valence-electron chi connectivity index (χ2n) is 6.72. The lowest BCUT2D eigenvalue weighted by molar-refractivity contribution is -0.120. The first kappa shape index (κ1) is 20.3. The number of oxazole rings is 1. The van der Waals surface area contributed by atoms with Crippen molar-refractivity contribution in [2.45, 2.75) is 17.7 Å². The highest BCUT2D eigenvalue weighted by Crippen LogP contribution is 2.28. The van der Waals surface area contributed by atoms with Crippen molar-refractivity contribution in [3.8, 4) is 0 Å². The number of aryl methyl sites for hydroxylation is 1. The van der Waals surface area contributed by atoms with Crippen molar-refractivity contribution >= 4 is 59.4 Å². The van der Waals surface area contributed by atoms with Gasteiger partial charge in [0.1, 0.15) is 0 Å². The number of fused-ring (bicyclic) bond motifs is 1. The van der Waals surface area contributed by atoms with Crippen molar-refractivity contribution in [2.24, 2.45) is 13.0 Å². The second kappa shape index (κ2) is 7.67. The first-order valence-corrected chi connectivity index (χ1v) is 11.8. The third kappa shape index (κ3) is 3.89. The second-order valence-corrected chi connectivity index (χ2v) is 11.1. The van der Waals surface area contributed by atoms with Crippen LogP contribution in [0, 0.1) is 5.92 Å². The van der Waals surface area contributed by atoms with Gasteiger partial charge in [0.25, 0.3) is 0 Å². The Bertz CT molecular complexity index is 1250. The third-order valence-corrected chi connectivity index (χ3v) is 8.12. The molecule has 3 aromatic rings. The summed E-state index contributed by atoms with van der Waals surface area (Å²) in [7, 11) is -2.28. The number of anilines is 1. The molecule has 3 heterocycles. The zero-order valence-corrected chi connectivity index (χ0v) is 18.5. The number of carbonyl (C=O) groups excluding carboxylic acids is 1. The van der Waals surface area contributed by atoms with E-state index in [0.29, 0.717) is 30.0 Å². The molecule has 12 heteroatoms. The number of benzene rings is 1. The molecule has 1 N–H and O–H groups in total. The molecule has 0 spiro atoms. The van der Waals surface area contributed by atoms with Gasteiger partial charge in [-0.15, -0.1) is 0 Å². The van der Waals surface area contributed by atoms with Gasteiger partial charge in [-0.25, -0.2) is 18.2 Å². The third-order valence-electron chi connectivity index (χ3n) is 4.86. The standard InChI is InChI=1S/C17H17BrN4O5S2/c1-21-12-5-4-11(7-13(12)27-17(21)24)29(25,26)22-6-2-3-10(9-22)15(23)20-16-19-8-14(18)28-16/h4-5,7-8,10H,2-3,6,9H2,1H3,(H,19,20,23)/t10-/m0/s1. The van der Waals surface area contributed by atoms with Crippen molar-refractivity contribution < 1.29 is 17.6 Å². The summed E-state index contributed by atoms with van der Waals surface area (Å²) in [4.78, 5) is 28.3. The molecule has 29 heavy (non-hydrogen) atoms. The number of thiazole rings is 1. The molecule has 154 valence electrons. The van der Waals surface area contributed by atoms with Crippen LogP contribution in [0.25, 0.3) is 11.1 Å². The monoisotopic (exact) mass is 500 g/mol. The summed E-state index contributed by atoms with van der Waals surface area (Å²) < 4.78 is 34.7. The Morgan fingerprint density at radius 1 is 1.41 bits per heavy atom. The number of amides is 1. The summed E-state index contributed by atoms with van der Waals surface area (Å²) >= 11 is 4.58. The summed E-state index contributed by atoms with van der Waals surface area (Å²) in [6.07, 6.45) is 2.76. The normalized spacial score (nSPS) is 18.2. The average Bonchev–Trinajstić information content (AvgIpc) is 3.24. The van der Waals surface area contributed by atoms with Crippen molar-refractivity contribution in [1.82, 2.24) is 13.9 Å². The maximum Gasteiger partial charge on any atom is 0.419 e. The molecular formula is C17H17BrN4O5S2. The Balaban J connectivity index is 1.55. The number of halogens is 1. The Morgan fingerprint density at radius 3 is 2.93 bits per heavy atom. The maximum absolute atomic E-state index is 13.1. The van der Waals surface area contributed by atoms with Crippen molar-refractivity contribution in [3.63, 3.8) is 0 Å². The van der Waals surface area contributed by atoms with Gasteiger partial charge in [-0.2, -0.15) is 4.31 Å². The van der Waals surface area contributed by atoms with Gasteiger partial charge in [-0.3, -0.25) is 9.36 Å². The van der Waals surface area contributed by atoms with Crippen LogP contribution in [-0.4, -0.2) is 41.3 Å². The number of rotatable bonds is 4. The molecule has 1 amide bonds. The Hall–Kier alpha value is -2.02. The topological polar surface area (TPSA) is 115 Å². The van der Waals surface area contributed by atoms with Crippen molar-refractivity contribution in [1.29, 1.82) is 0 Å². The molecule has 0 bridgehead atoms. The van der Waals surface area contributed by atoms with Gasteiger partial charge < -0.3 is 9.73 Å². The molecular weight excluding hydrogens is 484 g/mol. The Morgan fingerprint density at radius 2 is 2.21 bits per heavy atom. The maximum atomic E-state index is 13.1. The van der Waals surface area contributed by atoms with E-state index in [0.717, 1.165) is 3.79 Å². The van der Waals surface area contributed by atoms with Crippen LogP contribution < -0.4 is 11.1 Å². The van der Waals surface area contributed by atoms with Crippen LogP contribution in [0.15, 0.2) is 42.3 Å². The van der Waals surface area contributed by atoms with Gasteiger partial charge in [-0.05, 0) is 40.9 Å². The minimum Gasteiger partial charge on any atom is -0.408 e. The number of carbonyl (C=O) groups is 1. The van der Waals surface area contributed by atoms with Crippen LogP contribution in [0.4, 0.5) is 5.13 Å². The summed E-state index contributed by atoms with van der Waals surface area (Å²) in [5.74, 6) is -1.28. The molecule has 1 aliphatic heterocycles. The summed E-state index contributed by atoms with van der Waals surface area (Å²) in [5.41, 5.74) is 0.721. The highest BCUT2D eigenvalue weighted by molar-refractivity contribution is 9.11. The van der Waals surface area contributed by atoms with E-state index in [1.54, 1.807) is 19.3 Å². The first-order chi connectivity index (χ1) is 13.8. The molecule has 0 unspecified atom stereocenters. The quantitative estimate of drug-likeness (QED) is 0.587. The lowest BCUT2D eigenvalue weighted by Crippen LogP contribution is -2.43. The molecule has 0 saturated carbocycles. The van der Waals surface area contributed by atoms with Gasteiger partial charge in [0.2, 0.25) is 15.9 Å². The Kier molecular flexibility index (Phi) is 5.36. The van der Waals surface area contributed by atoms with E-state index in [1.165, 1.54) is 32.3 Å². The van der Waals surface area contributed by atoms with E-state index < -0.39 is 21.7 Å². The molecule has 9 nitrogen and oxygen atoms in total.